The SMILES string of the molecule is CCNC(=O)N1CCC2(CCn3nc(-c4cnc5cccc(OCc6ccccn6)c5c4)cc32)C1. The first-order chi connectivity index (χ1) is 17.1. The van der Waals surface area contributed by atoms with Gasteiger partial charge < -0.3 is 15.0 Å². The lowest BCUT2D eigenvalue weighted by Crippen LogP contribution is -2.40. The number of pyridine rings is 2. The Hall–Kier alpha value is -3.94. The lowest BCUT2D eigenvalue weighted by Gasteiger charge is -2.23. The number of hydrogen-bond acceptors (Lipinski definition) is 5. The summed E-state index contributed by atoms with van der Waals surface area (Å²) in [5.41, 5.74) is 4.83. The van der Waals surface area contributed by atoms with E-state index in [-0.39, 0.29) is 11.4 Å². The molecule has 0 bridgehead atoms. The second-order valence-electron chi connectivity index (χ2n) is 9.33. The Morgan fingerprint density at radius 3 is 2.89 bits per heavy atom. The van der Waals surface area contributed by atoms with E-state index in [0.717, 1.165) is 66.1 Å². The molecule has 5 heterocycles. The largest absolute Gasteiger partial charge is 0.487 e. The second kappa shape index (κ2) is 8.69. The normalized spacial score (nSPS) is 18.8. The molecule has 35 heavy (non-hydrogen) atoms. The van der Waals surface area contributed by atoms with E-state index in [1.165, 1.54) is 5.69 Å². The van der Waals surface area contributed by atoms with Crippen LogP contribution in [0.3, 0.4) is 0 Å². The molecule has 4 aromatic rings. The Morgan fingerprint density at radius 2 is 2.03 bits per heavy atom. The molecule has 6 rings (SSSR count). The van der Waals surface area contributed by atoms with Gasteiger partial charge in [-0.2, -0.15) is 5.10 Å². The Labute approximate surface area is 203 Å². The van der Waals surface area contributed by atoms with E-state index in [2.05, 4.69) is 27.1 Å². The molecule has 1 unspecified atom stereocenters. The van der Waals surface area contributed by atoms with Crippen molar-refractivity contribution in [2.45, 2.75) is 38.3 Å². The molecule has 2 aliphatic rings. The highest BCUT2D eigenvalue weighted by atomic mass is 16.5. The van der Waals surface area contributed by atoms with Crippen LogP contribution in [0.2, 0.25) is 0 Å². The number of aromatic nitrogens is 4. The first kappa shape index (κ1) is 21.6. The van der Waals surface area contributed by atoms with Crippen LogP contribution in [0.4, 0.5) is 4.79 Å². The topological polar surface area (TPSA) is 85.2 Å². The van der Waals surface area contributed by atoms with Gasteiger partial charge in [-0.1, -0.05) is 12.1 Å². The van der Waals surface area contributed by atoms with Crippen LogP contribution < -0.4 is 10.1 Å². The van der Waals surface area contributed by atoms with E-state index < -0.39 is 0 Å². The maximum absolute atomic E-state index is 12.4. The number of carbonyl (C=O) groups excluding carboxylic acids is 1. The summed E-state index contributed by atoms with van der Waals surface area (Å²) in [5.74, 6) is 0.777. The third-order valence-corrected chi connectivity index (χ3v) is 7.18. The number of nitrogens with one attached hydrogen (secondary N) is 1. The lowest BCUT2D eigenvalue weighted by atomic mass is 9.82. The number of carbonyl (C=O) groups is 1. The Bertz CT molecular complexity index is 1390. The molecular weight excluding hydrogens is 440 g/mol. The standard InChI is InChI=1S/C27H28N6O2/c1-2-28-26(34)32-12-9-27(18-32)10-13-33-25(27)15-23(31-33)19-14-21-22(30-16-19)7-5-8-24(21)35-17-20-6-3-4-11-29-20/h3-8,11,14-16H,2,9-10,12-13,17-18H2,1H3,(H,28,34). The van der Waals surface area contributed by atoms with Crippen molar-refractivity contribution in [3.8, 4) is 17.0 Å². The molecule has 1 spiro atoms. The molecule has 1 aromatic carbocycles. The molecule has 3 aromatic heterocycles. The smallest absolute Gasteiger partial charge is 0.317 e. The van der Waals surface area contributed by atoms with Gasteiger partial charge in [-0.05, 0) is 56.2 Å². The van der Waals surface area contributed by atoms with Crippen LogP contribution in [0.15, 0.2) is 60.9 Å². The van der Waals surface area contributed by atoms with Gasteiger partial charge in [0, 0.05) is 60.6 Å². The van der Waals surface area contributed by atoms with Crippen molar-refractivity contribution in [2.75, 3.05) is 19.6 Å². The maximum atomic E-state index is 12.4. The number of likely N-dealkylation sites (tertiary alicyclic amines) is 1. The number of benzene rings is 1. The highest BCUT2D eigenvalue weighted by Gasteiger charge is 2.46. The molecule has 1 saturated heterocycles. The molecule has 0 saturated carbocycles. The average Bonchev–Trinajstić information content (AvgIpc) is 3.60. The summed E-state index contributed by atoms with van der Waals surface area (Å²) in [6, 6.07) is 16.0. The molecule has 8 nitrogen and oxygen atoms in total. The van der Waals surface area contributed by atoms with Gasteiger partial charge in [-0.3, -0.25) is 14.6 Å². The van der Waals surface area contributed by atoms with Crippen molar-refractivity contribution in [1.82, 2.24) is 30.0 Å². The van der Waals surface area contributed by atoms with Gasteiger partial charge in [0.05, 0.1) is 16.9 Å². The summed E-state index contributed by atoms with van der Waals surface area (Å²) in [6.07, 6.45) is 5.64. The van der Waals surface area contributed by atoms with E-state index >= 15 is 0 Å². The number of rotatable bonds is 5. The fraction of sp³-hybridized carbons (Fsp3) is 0.333. The van der Waals surface area contributed by atoms with Gasteiger partial charge in [0.15, 0.2) is 0 Å². The maximum Gasteiger partial charge on any atom is 0.317 e. The zero-order chi connectivity index (χ0) is 23.8. The quantitative estimate of drug-likeness (QED) is 0.476. The van der Waals surface area contributed by atoms with Crippen molar-refractivity contribution >= 4 is 16.9 Å². The van der Waals surface area contributed by atoms with Crippen molar-refractivity contribution in [1.29, 1.82) is 0 Å². The van der Waals surface area contributed by atoms with E-state index in [4.69, 9.17) is 14.8 Å². The summed E-state index contributed by atoms with van der Waals surface area (Å²) in [4.78, 5) is 23.4. The summed E-state index contributed by atoms with van der Waals surface area (Å²) in [6.45, 7) is 5.39. The highest BCUT2D eigenvalue weighted by Crippen LogP contribution is 2.44. The molecule has 2 amide bonds. The first-order valence-corrected chi connectivity index (χ1v) is 12.2. The zero-order valence-corrected chi connectivity index (χ0v) is 19.8. The fourth-order valence-corrected chi connectivity index (χ4v) is 5.35. The van der Waals surface area contributed by atoms with Crippen LogP contribution >= 0.6 is 0 Å². The van der Waals surface area contributed by atoms with Gasteiger partial charge >= 0.3 is 6.03 Å². The molecule has 1 N–H and O–H groups in total. The summed E-state index contributed by atoms with van der Waals surface area (Å²) in [5, 5.41) is 8.81. The van der Waals surface area contributed by atoms with Crippen LogP contribution in [0.25, 0.3) is 22.2 Å². The number of amides is 2. The number of fused-ring (bicyclic) bond motifs is 3. The van der Waals surface area contributed by atoms with Gasteiger partial charge in [-0.15, -0.1) is 0 Å². The van der Waals surface area contributed by atoms with Crippen LogP contribution in [0.1, 0.15) is 31.2 Å². The van der Waals surface area contributed by atoms with Gasteiger partial charge in [0.25, 0.3) is 0 Å². The number of ether oxygens (including phenoxy) is 1. The third kappa shape index (κ3) is 3.88. The highest BCUT2D eigenvalue weighted by molar-refractivity contribution is 5.88. The minimum atomic E-state index is -0.0163. The summed E-state index contributed by atoms with van der Waals surface area (Å²) >= 11 is 0. The van der Waals surface area contributed by atoms with Crippen molar-refractivity contribution in [3.63, 3.8) is 0 Å². The van der Waals surface area contributed by atoms with Crippen LogP contribution in [-0.2, 0) is 18.6 Å². The first-order valence-electron chi connectivity index (χ1n) is 12.2. The minimum absolute atomic E-state index is 0.0163. The van der Waals surface area contributed by atoms with E-state index in [0.29, 0.717) is 13.2 Å². The fourth-order valence-electron chi connectivity index (χ4n) is 5.35. The average molecular weight is 469 g/mol. The predicted octanol–water partition coefficient (Wildman–Crippen LogP) is 4.15. The Kier molecular flexibility index (Phi) is 5.36. The predicted molar refractivity (Wildman–Crippen MR) is 133 cm³/mol. The van der Waals surface area contributed by atoms with Crippen LogP contribution in [-0.4, -0.2) is 50.3 Å². The van der Waals surface area contributed by atoms with Crippen LogP contribution in [0.5, 0.6) is 5.75 Å². The monoisotopic (exact) mass is 468 g/mol. The number of hydrogen-bond donors (Lipinski definition) is 1. The van der Waals surface area contributed by atoms with Crippen molar-refractivity contribution in [2.24, 2.45) is 0 Å². The van der Waals surface area contributed by atoms with E-state index in [1.807, 2.05) is 54.4 Å². The third-order valence-electron chi connectivity index (χ3n) is 7.18. The van der Waals surface area contributed by atoms with Gasteiger partial charge in [0.1, 0.15) is 12.4 Å². The molecule has 2 aliphatic heterocycles. The molecule has 0 aliphatic carbocycles. The molecule has 8 heteroatoms. The molecular formula is C27H28N6O2. The second-order valence-corrected chi connectivity index (χ2v) is 9.33. The van der Waals surface area contributed by atoms with Crippen molar-refractivity contribution in [3.05, 3.63) is 72.3 Å². The van der Waals surface area contributed by atoms with Crippen molar-refractivity contribution < 1.29 is 9.53 Å². The Balaban J connectivity index is 1.28. The molecule has 0 radical (unpaired) electrons. The number of aryl methyl sites for hydroxylation is 1. The molecule has 178 valence electrons. The van der Waals surface area contributed by atoms with Gasteiger partial charge in [0.2, 0.25) is 0 Å². The minimum Gasteiger partial charge on any atom is -0.487 e. The summed E-state index contributed by atoms with van der Waals surface area (Å²) < 4.78 is 8.23. The van der Waals surface area contributed by atoms with E-state index in [1.54, 1.807) is 6.20 Å². The number of urea groups is 1. The molecule has 1 fully saturated rings. The Morgan fingerprint density at radius 1 is 1.11 bits per heavy atom. The van der Waals surface area contributed by atoms with E-state index in [9.17, 15) is 4.79 Å². The lowest BCUT2D eigenvalue weighted by molar-refractivity contribution is 0.206. The summed E-state index contributed by atoms with van der Waals surface area (Å²) in [7, 11) is 0. The number of nitrogens with zero attached hydrogens (tertiary/aromatic N) is 5. The zero-order valence-electron chi connectivity index (χ0n) is 19.8. The van der Waals surface area contributed by atoms with Crippen LogP contribution in [0, 0.1) is 0 Å². The molecule has 1 atom stereocenters. The van der Waals surface area contributed by atoms with Gasteiger partial charge in [-0.25, -0.2) is 4.79 Å².